The number of halogens is 2. The number of carbonyl (C=O) groups excluding carboxylic acids is 2. The van der Waals surface area contributed by atoms with E-state index >= 15 is 0 Å². The van der Waals surface area contributed by atoms with Crippen molar-refractivity contribution in [3.05, 3.63) is 99.5 Å². The van der Waals surface area contributed by atoms with Gasteiger partial charge in [0.2, 0.25) is 21.8 Å². The summed E-state index contributed by atoms with van der Waals surface area (Å²) in [5.41, 5.74) is 3.00. The van der Waals surface area contributed by atoms with Crippen LogP contribution in [0.5, 0.6) is 0 Å². The fraction of sp³-hybridized carbons (Fsp3) is 0.412. The van der Waals surface area contributed by atoms with Crippen molar-refractivity contribution in [3.8, 4) is 0 Å². The van der Waals surface area contributed by atoms with Crippen molar-refractivity contribution in [2.24, 2.45) is 0 Å². The van der Waals surface area contributed by atoms with Crippen LogP contribution in [-0.4, -0.2) is 50.0 Å². The molecule has 2 amide bonds. The first kappa shape index (κ1) is 33.8. The van der Waals surface area contributed by atoms with Crippen LogP contribution in [0.2, 0.25) is 10.0 Å². The van der Waals surface area contributed by atoms with E-state index in [0.717, 1.165) is 48.6 Å². The summed E-state index contributed by atoms with van der Waals surface area (Å²) in [5, 5.41) is 4.21. The number of benzene rings is 3. The van der Waals surface area contributed by atoms with Gasteiger partial charge < -0.3 is 10.2 Å². The van der Waals surface area contributed by atoms with E-state index in [1.165, 1.54) is 10.7 Å². The van der Waals surface area contributed by atoms with E-state index in [0.29, 0.717) is 22.2 Å². The highest BCUT2D eigenvalue weighted by molar-refractivity contribution is 7.92. The molecule has 0 bridgehead atoms. The molecule has 1 N–H and O–H groups in total. The van der Waals surface area contributed by atoms with Gasteiger partial charge in [0.25, 0.3) is 0 Å². The Hall–Kier alpha value is -3.07. The number of aryl methyl sites for hydroxylation is 1. The van der Waals surface area contributed by atoms with Gasteiger partial charge in [-0.05, 0) is 67.1 Å². The lowest BCUT2D eigenvalue weighted by Crippen LogP contribution is -2.52. The second kappa shape index (κ2) is 15.8. The number of anilines is 1. The number of hydrogen-bond donors (Lipinski definition) is 1. The van der Waals surface area contributed by atoms with Crippen LogP contribution in [0.1, 0.15) is 61.6 Å². The van der Waals surface area contributed by atoms with Gasteiger partial charge in [-0.25, -0.2) is 8.42 Å². The number of amides is 2. The molecule has 0 heterocycles. The lowest BCUT2D eigenvalue weighted by molar-refractivity contribution is -0.141. The minimum absolute atomic E-state index is 0.0498. The highest BCUT2D eigenvalue weighted by atomic mass is 35.5. The van der Waals surface area contributed by atoms with Crippen LogP contribution < -0.4 is 9.62 Å². The first-order valence-electron chi connectivity index (χ1n) is 15.1. The minimum atomic E-state index is -3.64. The number of nitrogens with zero attached hydrogens (tertiary/aromatic N) is 2. The Kier molecular flexibility index (Phi) is 12.1. The highest BCUT2D eigenvalue weighted by Crippen LogP contribution is 2.27. The quantitative estimate of drug-likeness (QED) is 0.216. The van der Waals surface area contributed by atoms with Crippen LogP contribution in [0.15, 0.2) is 72.8 Å². The van der Waals surface area contributed by atoms with Crippen molar-refractivity contribution in [2.75, 3.05) is 17.1 Å². The molecule has 3 aromatic carbocycles. The lowest BCUT2D eigenvalue weighted by atomic mass is 9.94. The van der Waals surface area contributed by atoms with Crippen LogP contribution in [0, 0.1) is 6.92 Å². The van der Waals surface area contributed by atoms with Crippen LogP contribution in [0.4, 0.5) is 5.69 Å². The van der Waals surface area contributed by atoms with Gasteiger partial charge in [0.05, 0.1) is 11.9 Å². The van der Waals surface area contributed by atoms with Gasteiger partial charge in [0.15, 0.2) is 0 Å². The number of nitrogens with one attached hydrogen (secondary N) is 1. The maximum absolute atomic E-state index is 14.1. The third-order valence-electron chi connectivity index (χ3n) is 8.06. The third-order valence-corrected chi connectivity index (χ3v) is 9.71. The molecule has 4 rings (SSSR count). The molecule has 0 spiro atoms. The van der Waals surface area contributed by atoms with Gasteiger partial charge in [-0.15, -0.1) is 0 Å². The van der Waals surface area contributed by atoms with E-state index in [9.17, 15) is 18.0 Å². The Labute approximate surface area is 271 Å². The fourth-order valence-corrected chi connectivity index (χ4v) is 7.16. The monoisotopic (exact) mass is 657 g/mol. The Bertz CT molecular complexity index is 1530. The first-order valence-corrected chi connectivity index (χ1v) is 17.7. The number of carbonyl (C=O) groups is 2. The molecular weight excluding hydrogens is 617 g/mol. The Balaban J connectivity index is 1.60. The van der Waals surface area contributed by atoms with Crippen LogP contribution in [0.25, 0.3) is 0 Å². The van der Waals surface area contributed by atoms with Crippen LogP contribution in [-0.2, 0) is 32.6 Å². The van der Waals surface area contributed by atoms with E-state index in [4.69, 9.17) is 23.2 Å². The van der Waals surface area contributed by atoms with Gasteiger partial charge >= 0.3 is 0 Å². The van der Waals surface area contributed by atoms with Crippen molar-refractivity contribution >= 4 is 50.7 Å². The smallest absolute Gasteiger partial charge is 0.243 e. The van der Waals surface area contributed by atoms with Crippen molar-refractivity contribution in [3.63, 3.8) is 0 Å². The summed E-state index contributed by atoms with van der Waals surface area (Å²) < 4.78 is 26.9. The van der Waals surface area contributed by atoms with Gasteiger partial charge in [-0.2, -0.15) is 0 Å². The summed E-state index contributed by atoms with van der Waals surface area (Å²) in [5.74, 6) is -0.413. The van der Waals surface area contributed by atoms with Crippen molar-refractivity contribution in [2.45, 2.75) is 76.9 Å². The molecule has 0 aliphatic heterocycles. The van der Waals surface area contributed by atoms with Crippen molar-refractivity contribution < 1.29 is 18.0 Å². The Morgan fingerprint density at radius 3 is 2.27 bits per heavy atom. The predicted octanol–water partition coefficient (Wildman–Crippen LogP) is 6.94. The van der Waals surface area contributed by atoms with Gasteiger partial charge in [-0.1, -0.05) is 91.0 Å². The topological polar surface area (TPSA) is 86.8 Å². The Morgan fingerprint density at radius 2 is 1.59 bits per heavy atom. The maximum atomic E-state index is 14.1. The first-order chi connectivity index (χ1) is 21.0. The van der Waals surface area contributed by atoms with Crippen molar-refractivity contribution in [1.82, 2.24) is 10.2 Å². The average Bonchev–Trinajstić information content (AvgIpc) is 2.99. The minimum Gasteiger partial charge on any atom is -0.352 e. The SMILES string of the molecule is Cc1ccc(Cl)cc1N(CCCC(=O)N(Cc1cccc(Cl)c1)[C@H](Cc1ccccc1)C(=O)NC1CCCCC1)S(C)(=O)=O. The second-order valence-corrected chi connectivity index (χ2v) is 14.3. The molecule has 1 fully saturated rings. The molecule has 10 heteroatoms. The van der Waals surface area contributed by atoms with E-state index in [1.54, 1.807) is 35.2 Å². The molecule has 236 valence electrons. The molecule has 1 aliphatic rings. The lowest BCUT2D eigenvalue weighted by Gasteiger charge is -2.34. The standard InChI is InChI=1S/C34H41Cl2N3O4S/c1-25-18-19-29(36)23-31(25)39(44(2,42)43)20-10-17-33(40)38(24-27-13-9-14-28(35)21-27)32(22-26-11-5-3-6-12-26)34(41)37-30-15-7-4-8-16-30/h3,5-6,9,11-14,18-19,21,23,30,32H,4,7-8,10,15-17,20,22,24H2,1-2H3,(H,37,41)/t32-/m1/s1. The molecule has 0 saturated heterocycles. The average molecular weight is 659 g/mol. The van der Waals surface area contributed by atoms with Crippen LogP contribution >= 0.6 is 23.2 Å². The van der Waals surface area contributed by atoms with Gasteiger partial charge in [0, 0.05) is 42.0 Å². The van der Waals surface area contributed by atoms with Gasteiger partial charge in [0.1, 0.15) is 6.04 Å². The molecule has 0 unspecified atom stereocenters. The normalized spacial score (nSPS) is 14.5. The molecular formula is C34H41Cl2N3O4S. The summed E-state index contributed by atoms with van der Waals surface area (Å²) in [6, 6.07) is 21.4. The van der Waals surface area contributed by atoms with Crippen molar-refractivity contribution in [1.29, 1.82) is 0 Å². The van der Waals surface area contributed by atoms with Crippen LogP contribution in [0.3, 0.4) is 0 Å². The van der Waals surface area contributed by atoms with E-state index in [2.05, 4.69) is 5.32 Å². The Morgan fingerprint density at radius 1 is 0.909 bits per heavy atom. The van der Waals surface area contributed by atoms with E-state index < -0.39 is 16.1 Å². The zero-order valence-corrected chi connectivity index (χ0v) is 27.7. The molecule has 44 heavy (non-hydrogen) atoms. The molecule has 0 aromatic heterocycles. The summed E-state index contributed by atoms with van der Waals surface area (Å²) in [6.07, 6.45) is 6.96. The predicted molar refractivity (Wildman–Crippen MR) is 179 cm³/mol. The number of rotatable bonds is 13. The fourth-order valence-electron chi connectivity index (χ4n) is 5.76. The molecule has 7 nitrogen and oxygen atoms in total. The third kappa shape index (κ3) is 9.71. The summed E-state index contributed by atoms with van der Waals surface area (Å²) >= 11 is 12.5. The number of hydrogen-bond acceptors (Lipinski definition) is 4. The largest absolute Gasteiger partial charge is 0.352 e. The van der Waals surface area contributed by atoms with Gasteiger partial charge in [-0.3, -0.25) is 13.9 Å². The highest BCUT2D eigenvalue weighted by Gasteiger charge is 2.32. The molecule has 3 aromatic rings. The summed E-state index contributed by atoms with van der Waals surface area (Å²) in [4.78, 5) is 29.7. The summed E-state index contributed by atoms with van der Waals surface area (Å²) in [6.45, 7) is 2.10. The number of sulfonamides is 1. The molecule has 0 radical (unpaired) electrons. The maximum Gasteiger partial charge on any atom is 0.243 e. The zero-order valence-electron chi connectivity index (χ0n) is 25.3. The van der Waals surface area contributed by atoms with E-state index in [-0.39, 0.29) is 43.8 Å². The van der Waals surface area contributed by atoms with E-state index in [1.807, 2.05) is 49.4 Å². The molecule has 1 atom stereocenters. The molecule has 1 aliphatic carbocycles. The molecule has 1 saturated carbocycles. The second-order valence-electron chi connectivity index (χ2n) is 11.6. The summed E-state index contributed by atoms with van der Waals surface area (Å²) in [7, 11) is -3.64. The zero-order chi connectivity index (χ0) is 31.7.